The topological polar surface area (TPSA) is 94.0 Å². The highest BCUT2D eigenvalue weighted by atomic mass is 32.1. The van der Waals surface area contributed by atoms with Crippen LogP contribution in [0.1, 0.15) is 22.3 Å². The van der Waals surface area contributed by atoms with E-state index in [4.69, 9.17) is 11.5 Å². The summed E-state index contributed by atoms with van der Waals surface area (Å²) in [7, 11) is 0. The summed E-state index contributed by atoms with van der Waals surface area (Å²) < 4.78 is 0. The van der Waals surface area contributed by atoms with Crippen LogP contribution in [0.2, 0.25) is 0 Å². The number of rotatable bonds is 3. The zero-order chi connectivity index (χ0) is 10.7. The van der Waals surface area contributed by atoms with Crippen LogP contribution in [0.3, 0.4) is 0 Å². The molecule has 1 amide bonds. The molecule has 0 spiro atoms. The van der Waals surface area contributed by atoms with Gasteiger partial charge in [0.2, 0.25) is 0 Å². The van der Waals surface area contributed by atoms with Crippen molar-refractivity contribution >= 4 is 22.4 Å². The summed E-state index contributed by atoms with van der Waals surface area (Å²) in [6.07, 6.45) is 0. The normalized spacial score (nSPS) is 12.5. The number of anilines is 1. The molecule has 0 fully saturated rings. The Balaban J connectivity index is 2.74. The van der Waals surface area contributed by atoms with Crippen molar-refractivity contribution < 1.29 is 4.79 Å². The van der Waals surface area contributed by atoms with E-state index in [0.29, 0.717) is 22.2 Å². The molecule has 78 valence electrons. The van der Waals surface area contributed by atoms with Gasteiger partial charge in [-0.2, -0.15) is 0 Å². The third kappa shape index (κ3) is 2.43. The standard InChI is InChI=1S/C8H14N4OS/c1-4(3-9)11-7(13)6-5(2)12-8(10)14-6/h4H,3,9H2,1-2H3,(H2,10,12)(H,11,13)/t4-/m0/s1. The van der Waals surface area contributed by atoms with E-state index in [9.17, 15) is 4.79 Å². The second-order valence-electron chi connectivity index (χ2n) is 3.08. The average Bonchev–Trinajstić information content (AvgIpc) is 2.45. The number of nitrogens with zero attached hydrogens (tertiary/aromatic N) is 1. The second-order valence-corrected chi connectivity index (χ2v) is 4.11. The molecule has 1 heterocycles. The average molecular weight is 214 g/mol. The third-order valence-corrected chi connectivity index (χ3v) is 2.74. The molecule has 0 aliphatic rings. The van der Waals surface area contributed by atoms with Crippen molar-refractivity contribution in [3.8, 4) is 0 Å². The zero-order valence-electron chi connectivity index (χ0n) is 8.20. The van der Waals surface area contributed by atoms with Crippen molar-refractivity contribution in [2.75, 3.05) is 12.3 Å². The molecule has 0 radical (unpaired) electrons. The number of hydrogen-bond acceptors (Lipinski definition) is 5. The fraction of sp³-hybridized carbons (Fsp3) is 0.500. The summed E-state index contributed by atoms with van der Waals surface area (Å²) in [6, 6.07) is -0.0368. The highest BCUT2D eigenvalue weighted by molar-refractivity contribution is 7.17. The minimum Gasteiger partial charge on any atom is -0.375 e. The Bertz CT molecular complexity index is 336. The lowest BCUT2D eigenvalue weighted by Gasteiger charge is -2.09. The van der Waals surface area contributed by atoms with Crippen LogP contribution in [0.25, 0.3) is 0 Å². The maximum absolute atomic E-state index is 11.6. The van der Waals surface area contributed by atoms with E-state index in [1.165, 1.54) is 11.3 Å². The molecule has 0 aliphatic heterocycles. The molecule has 0 saturated carbocycles. The van der Waals surface area contributed by atoms with Crippen molar-refractivity contribution in [2.45, 2.75) is 19.9 Å². The van der Waals surface area contributed by atoms with Crippen LogP contribution in [0.5, 0.6) is 0 Å². The lowest BCUT2D eigenvalue weighted by Crippen LogP contribution is -2.37. The van der Waals surface area contributed by atoms with Crippen molar-refractivity contribution in [1.29, 1.82) is 0 Å². The van der Waals surface area contributed by atoms with E-state index in [0.717, 1.165) is 0 Å². The largest absolute Gasteiger partial charge is 0.375 e. The number of aryl methyl sites for hydroxylation is 1. The van der Waals surface area contributed by atoms with Gasteiger partial charge in [-0.1, -0.05) is 11.3 Å². The van der Waals surface area contributed by atoms with E-state index in [1.807, 2.05) is 6.92 Å². The van der Waals surface area contributed by atoms with Crippen molar-refractivity contribution in [3.63, 3.8) is 0 Å². The number of nitrogen functional groups attached to an aromatic ring is 1. The first kappa shape index (κ1) is 10.9. The van der Waals surface area contributed by atoms with Crippen LogP contribution < -0.4 is 16.8 Å². The van der Waals surface area contributed by atoms with Gasteiger partial charge in [0.15, 0.2) is 5.13 Å². The predicted octanol–water partition coefficient (Wildman–Crippen LogP) is 0.111. The highest BCUT2D eigenvalue weighted by Crippen LogP contribution is 2.19. The van der Waals surface area contributed by atoms with E-state index in [-0.39, 0.29) is 11.9 Å². The summed E-state index contributed by atoms with van der Waals surface area (Å²) in [5.41, 5.74) is 11.5. The number of nitrogens with two attached hydrogens (primary N) is 2. The summed E-state index contributed by atoms with van der Waals surface area (Å²) in [4.78, 5) is 16.1. The van der Waals surface area contributed by atoms with E-state index >= 15 is 0 Å². The van der Waals surface area contributed by atoms with Gasteiger partial charge >= 0.3 is 0 Å². The number of hydrogen-bond donors (Lipinski definition) is 3. The Kier molecular flexibility index (Phi) is 3.43. The highest BCUT2D eigenvalue weighted by Gasteiger charge is 2.15. The van der Waals surface area contributed by atoms with Gasteiger partial charge < -0.3 is 16.8 Å². The Morgan fingerprint density at radius 3 is 2.79 bits per heavy atom. The molecular formula is C8H14N4OS. The minimum atomic E-state index is -0.158. The van der Waals surface area contributed by atoms with Gasteiger partial charge in [0.25, 0.3) is 5.91 Å². The van der Waals surface area contributed by atoms with E-state index < -0.39 is 0 Å². The first-order chi connectivity index (χ1) is 6.54. The lowest BCUT2D eigenvalue weighted by molar-refractivity contribution is 0.0944. The van der Waals surface area contributed by atoms with Crippen LogP contribution in [0.4, 0.5) is 5.13 Å². The maximum Gasteiger partial charge on any atom is 0.263 e. The summed E-state index contributed by atoms with van der Waals surface area (Å²) in [5.74, 6) is -0.158. The second kappa shape index (κ2) is 4.39. The summed E-state index contributed by atoms with van der Waals surface area (Å²) in [6.45, 7) is 4.02. The Morgan fingerprint density at radius 2 is 2.36 bits per heavy atom. The molecule has 1 aromatic rings. The number of nitrogens with one attached hydrogen (secondary N) is 1. The number of amides is 1. The SMILES string of the molecule is Cc1nc(N)sc1C(=O)N[C@@H](C)CN. The van der Waals surface area contributed by atoms with Crippen LogP contribution in [0.15, 0.2) is 0 Å². The Labute approximate surface area is 86.5 Å². The van der Waals surface area contributed by atoms with Crippen molar-refractivity contribution in [2.24, 2.45) is 5.73 Å². The predicted molar refractivity (Wildman–Crippen MR) is 57.2 cm³/mol. The van der Waals surface area contributed by atoms with Gasteiger partial charge in [0.1, 0.15) is 4.88 Å². The molecule has 0 bridgehead atoms. The third-order valence-electron chi connectivity index (χ3n) is 1.75. The van der Waals surface area contributed by atoms with Crippen molar-refractivity contribution in [1.82, 2.24) is 10.3 Å². The molecule has 14 heavy (non-hydrogen) atoms. The molecule has 0 aliphatic carbocycles. The van der Waals surface area contributed by atoms with Gasteiger partial charge in [-0.05, 0) is 13.8 Å². The molecule has 0 saturated heterocycles. The van der Waals surface area contributed by atoms with Crippen LogP contribution in [-0.2, 0) is 0 Å². The van der Waals surface area contributed by atoms with E-state index in [1.54, 1.807) is 6.92 Å². The zero-order valence-corrected chi connectivity index (χ0v) is 9.02. The number of aromatic nitrogens is 1. The molecule has 0 aromatic carbocycles. The Hall–Kier alpha value is -1.14. The quantitative estimate of drug-likeness (QED) is 0.665. The van der Waals surface area contributed by atoms with E-state index in [2.05, 4.69) is 10.3 Å². The molecule has 1 atom stereocenters. The molecule has 6 heteroatoms. The fourth-order valence-corrected chi connectivity index (χ4v) is 1.71. The fourth-order valence-electron chi connectivity index (χ4n) is 0.976. The van der Waals surface area contributed by atoms with Gasteiger partial charge in [-0.25, -0.2) is 4.98 Å². The minimum absolute atomic E-state index is 0.0368. The van der Waals surface area contributed by atoms with Gasteiger partial charge in [0, 0.05) is 12.6 Å². The molecule has 1 rings (SSSR count). The van der Waals surface area contributed by atoms with Crippen LogP contribution in [0, 0.1) is 6.92 Å². The van der Waals surface area contributed by atoms with Gasteiger partial charge in [0.05, 0.1) is 5.69 Å². The van der Waals surface area contributed by atoms with Gasteiger partial charge in [-0.3, -0.25) is 4.79 Å². The molecular weight excluding hydrogens is 200 g/mol. The monoisotopic (exact) mass is 214 g/mol. The number of carbonyl (C=O) groups is 1. The van der Waals surface area contributed by atoms with Crippen molar-refractivity contribution in [3.05, 3.63) is 10.6 Å². The molecule has 5 nitrogen and oxygen atoms in total. The first-order valence-electron chi connectivity index (χ1n) is 4.28. The number of thiazole rings is 1. The molecule has 5 N–H and O–H groups in total. The maximum atomic E-state index is 11.6. The molecule has 0 unspecified atom stereocenters. The Morgan fingerprint density at radius 1 is 1.71 bits per heavy atom. The van der Waals surface area contributed by atoms with Crippen LogP contribution >= 0.6 is 11.3 Å². The smallest absolute Gasteiger partial charge is 0.263 e. The summed E-state index contributed by atoms with van der Waals surface area (Å²) in [5, 5.41) is 3.16. The van der Waals surface area contributed by atoms with Crippen LogP contribution in [-0.4, -0.2) is 23.5 Å². The summed E-state index contributed by atoms with van der Waals surface area (Å²) >= 11 is 1.19. The lowest BCUT2D eigenvalue weighted by atomic mass is 10.3. The van der Waals surface area contributed by atoms with Gasteiger partial charge in [-0.15, -0.1) is 0 Å². The molecule has 1 aromatic heterocycles. The number of carbonyl (C=O) groups excluding carboxylic acids is 1. The first-order valence-corrected chi connectivity index (χ1v) is 5.10.